The van der Waals surface area contributed by atoms with Crippen LogP contribution in [0, 0.1) is 5.92 Å². The van der Waals surface area contributed by atoms with E-state index in [1.807, 2.05) is 0 Å². The monoisotopic (exact) mass is 390 g/mol. The van der Waals surface area contributed by atoms with Gasteiger partial charge in [0.1, 0.15) is 5.56 Å². The Balaban J connectivity index is 0.00000264. The van der Waals surface area contributed by atoms with Gasteiger partial charge in [0.2, 0.25) is 5.88 Å². The molecule has 136 valence electrons. The fraction of sp³-hybridized carbons (Fsp3) is 0.462. The molecule has 0 aromatic carbocycles. The number of carbonyl (C=O) groups excluding carboxylic acids is 1. The van der Waals surface area contributed by atoms with Crippen molar-refractivity contribution in [1.82, 2.24) is 9.88 Å². The number of hydrogen-bond donors (Lipinski definition) is 1. The lowest BCUT2D eigenvalue weighted by Gasteiger charge is -2.18. The van der Waals surface area contributed by atoms with E-state index in [1.165, 1.54) is 23.2 Å². The first-order valence-corrected chi connectivity index (χ1v) is 6.44. The molecule has 1 aliphatic rings. The van der Waals surface area contributed by atoms with Crippen LogP contribution in [-0.2, 0) is 4.79 Å². The summed E-state index contributed by atoms with van der Waals surface area (Å²) in [7, 11) is 0. The van der Waals surface area contributed by atoms with Crippen molar-refractivity contribution in [3.8, 4) is 5.88 Å². The Kier molecular flexibility index (Phi) is 8.28. The molecule has 11 heteroatoms. The molecule has 6 nitrogen and oxygen atoms in total. The summed E-state index contributed by atoms with van der Waals surface area (Å²) < 4.78 is 41.2. The summed E-state index contributed by atoms with van der Waals surface area (Å²) in [6, 6.07) is 2.70. The summed E-state index contributed by atoms with van der Waals surface area (Å²) in [4.78, 5) is 28.1. The highest BCUT2D eigenvalue weighted by Crippen LogP contribution is 2.24. The molecular formula is C13H15Cl2F3N2O4. The Bertz CT molecular complexity index is 587. The van der Waals surface area contributed by atoms with Crippen LogP contribution < -0.4 is 4.74 Å². The second-order valence-corrected chi connectivity index (χ2v) is 4.83. The van der Waals surface area contributed by atoms with Gasteiger partial charge in [-0.2, -0.15) is 13.2 Å². The first kappa shape index (κ1) is 22.3. The van der Waals surface area contributed by atoms with Gasteiger partial charge in [0, 0.05) is 19.3 Å². The minimum Gasteiger partial charge on any atom is -0.481 e. The number of carboxylic acid groups (broad SMARTS) is 1. The Morgan fingerprint density at radius 3 is 2.58 bits per heavy atom. The number of pyridine rings is 1. The molecule has 0 radical (unpaired) electrons. The third kappa shape index (κ3) is 5.72. The SMILES string of the molecule is Cl.Cl.O=C(O)C1CCN(C(=O)c2cccnc2OCC(F)(F)F)C1. The lowest BCUT2D eigenvalue weighted by Crippen LogP contribution is -2.31. The van der Waals surface area contributed by atoms with Gasteiger partial charge in [-0.15, -0.1) is 24.8 Å². The van der Waals surface area contributed by atoms with Gasteiger partial charge in [0.15, 0.2) is 6.61 Å². The molecule has 1 N–H and O–H groups in total. The smallest absolute Gasteiger partial charge is 0.422 e. The molecule has 1 aliphatic heterocycles. The molecule has 0 bridgehead atoms. The van der Waals surface area contributed by atoms with Gasteiger partial charge in [-0.1, -0.05) is 0 Å². The molecule has 1 saturated heterocycles. The largest absolute Gasteiger partial charge is 0.481 e. The number of carboxylic acids is 1. The number of rotatable bonds is 4. The number of likely N-dealkylation sites (tertiary alicyclic amines) is 1. The zero-order valence-electron chi connectivity index (χ0n) is 12.2. The molecule has 2 heterocycles. The van der Waals surface area contributed by atoms with Crippen LogP contribution in [0.15, 0.2) is 18.3 Å². The molecule has 1 aromatic heterocycles. The Morgan fingerprint density at radius 2 is 2.04 bits per heavy atom. The number of ether oxygens (including phenoxy) is 1. The lowest BCUT2D eigenvalue weighted by molar-refractivity contribution is -0.154. The molecule has 1 aromatic rings. The zero-order valence-corrected chi connectivity index (χ0v) is 13.8. The lowest BCUT2D eigenvalue weighted by atomic mass is 10.1. The molecule has 24 heavy (non-hydrogen) atoms. The summed E-state index contributed by atoms with van der Waals surface area (Å²) in [5.74, 6) is -2.67. The number of aliphatic carboxylic acids is 1. The van der Waals surface area contributed by atoms with E-state index >= 15 is 0 Å². The van der Waals surface area contributed by atoms with Crippen LogP contribution in [0.5, 0.6) is 5.88 Å². The van der Waals surface area contributed by atoms with Gasteiger partial charge < -0.3 is 14.7 Å². The maximum Gasteiger partial charge on any atom is 0.422 e. The van der Waals surface area contributed by atoms with Crippen molar-refractivity contribution in [2.24, 2.45) is 5.92 Å². The number of aromatic nitrogens is 1. The van der Waals surface area contributed by atoms with Crippen molar-refractivity contribution < 1.29 is 32.6 Å². The number of amides is 1. The average Bonchev–Trinajstić information content (AvgIpc) is 2.94. The zero-order chi connectivity index (χ0) is 16.3. The van der Waals surface area contributed by atoms with Crippen LogP contribution in [0.3, 0.4) is 0 Å². The second-order valence-electron chi connectivity index (χ2n) is 4.83. The van der Waals surface area contributed by atoms with Crippen molar-refractivity contribution in [3.05, 3.63) is 23.9 Å². The van der Waals surface area contributed by atoms with Crippen molar-refractivity contribution >= 4 is 36.7 Å². The van der Waals surface area contributed by atoms with Gasteiger partial charge in [0.25, 0.3) is 5.91 Å². The minimum absolute atomic E-state index is 0. The highest BCUT2D eigenvalue weighted by molar-refractivity contribution is 5.96. The molecule has 1 atom stereocenters. The first-order chi connectivity index (χ1) is 10.3. The number of nitrogens with zero attached hydrogens (tertiary/aromatic N) is 2. The van der Waals surface area contributed by atoms with Crippen LogP contribution in [0.1, 0.15) is 16.8 Å². The summed E-state index contributed by atoms with van der Waals surface area (Å²) in [5.41, 5.74) is -0.113. The molecule has 1 amide bonds. The number of hydrogen-bond acceptors (Lipinski definition) is 4. The Morgan fingerprint density at radius 1 is 1.38 bits per heavy atom. The topological polar surface area (TPSA) is 79.7 Å². The van der Waals surface area contributed by atoms with Gasteiger partial charge >= 0.3 is 12.1 Å². The Labute approximate surface area is 147 Å². The molecule has 0 spiro atoms. The Hall–Kier alpha value is -1.74. The maximum absolute atomic E-state index is 12.3. The predicted octanol–water partition coefficient (Wildman–Crippen LogP) is 2.41. The standard InChI is InChI=1S/C13H13F3N2O4.2ClH/c14-13(15,16)7-22-10-9(2-1-4-17-10)11(19)18-5-3-8(6-18)12(20)21;;/h1-2,4,8H,3,5-7H2,(H,20,21);2*1H. The quantitative estimate of drug-likeness (QED) is 0.853. The van der Waals surface area contributed by atoms with Gasteiger partial charge in [-0.25, -0.2) is 4.98 Å². The van der Waals surface area contributed by atoms with E-state index in [2.05, 4.69) is 9.72 Å². The third-order valence-corrected chi connectivity index (χ3v) is 3.20. The summed E-state index contributed by atoms with van der Waals surface area (Å²) >= 11 is 0. The third-order valence-electron chi connectivity index (χ3n) is 3.20. The highest BCUT2D eigenvalue weighted by Gasteiger charge is 2.33. The van der Waals surface area contributed by atoms with Crippen molar-refractivity contribution in [2.75, 3.05) is 19.7 Å². The molecular weight excluding hydrogens is 376 g/mol. The highest BCUT2D eigenvalue weighted by atomic mass is 35.5. The van der Waals surface area contributed by atoms with Gasteiger partial charge in [-0.05, 0) is 18.6 Å². The van der Waals surface area contributed by atoms with Crippen molar-refractivity contribution in [1.29, 1.82) is 0 Å². The van der Waals surface area contributed by atoms with Crippen molar-refractivity contribution in [2.45, 2.75) is 12.6 Å². The number of alkyl halides is 3. The van der Waals surface area contributed by atoms with E-state index in [0.29, 0.717) is 6.42 Å². The molecule has 1 unspecified atom stereocenters. The van der Waals surface area contributed by atoms with Crippen molar-refractivity contribution in [3.63, 3.8) is 0 Å². The number of halogens is 5. The normalized spacial score (nSPS) is 16.8. The average molecular weight is 391 g/mol. The van der Waals surface area contributed by atoms with Crippen LogP contribution in [0.4, 0.5) is 13.2 Å². The van der Waals surface area contributed by atoms with Crippen LogP contribution in [0.2, 0.25) is 0 Å². The van der Waals surface area contributed by atoms with Crippen LogP contribution in [0.25, 0.3) is 0 Å². The molecule has 0 aliphatic carbocycles. The van der Waals surface area contributed by atoms with E-state index in [0.717, 1.165) is 0 Å². The van der Waals surface area contributed by atoms with E-state index in [-0.39, 0.29) is 43.5 Å². The molecule has 2 rings (SSSR count). The summed E-state index contributed by atoms with van der Waals surface area (Å²) in [5, 5.41) is 8.91. The minimum atomic E-state index is -4.54. The van der Waals surface area contributed by atoms with Gasteiger partial charge in [0.05, 0.1) is 5.92 Å². The summed E-state index contributed by atoms with van der Waals surface area (Å²) in [6.07, 6.45) is -3.02. The maximum atomic E-state index is 12.3. The summed E-state index contributed by atoms with van der Waals surface area (Å²) in [6.45, 7) is -1.31. The van der Waals surface area contributed by atoms with Gasteiger partial charge in [-0.3, -0.25) is 9.59 Å². The second kappa shape index (κ2) is 8.93. The van der Waals surface area contributed by atoms with E-state index < -0.39 is 36.5 Å². The van der Waals surface area contributed by atoms with Crippen LogP contribution in [-0.4, -0.2) is 52.7 Å². The molecule has 1 fully saturated rings. The fourth-order valence-corrected chi connectivity index (χ4v) is 2.14. The fourth-order valence-electron chi connectivity index (χ4n) is 2.14. The predicted molar refractivity (Wildman–Crippen MR) is 81.9 cm³/mol. The van der Waals surface area contributed by atoms with E-state index in [1.54, 1.807) is 0 Å². The molecule has 0 saturated carbocycles. The van der Waals surface area contributed by atoms with E-state index in [4.69, 9.17) is 5.11 Å². The first-order valence-electron chi connectivity index (χ1n) is 6.44. The van der Waals surface area contributed by atoms with E-state index in [9.17, 15) is 22.8 Å². The van der Waals surface area contributed by atoms with Crippen LogP contribution >= 0.6 is 24.8 Å². The number of carbonyl (C=O) groups is 2.